The highest BCUT2D eigenvalue weighted by molar-refractivity contribution is 7.19. The summed E-state index contributed by atoms with van der Waals surface area (Å²) in [5.74, 6) is 0.528. The lowest BCUT2D eigenvalue weighted by atomic mass is 10.00. The zero-order valence-corrected chi connectivity index (χ0v) is 11.9. The van der Waals surface area contributed by atoms with Crippen molar-refractivity contribution in [3.63, 3.8) is 0 Å². The van der Waals surface area contributed by atoms with E-state index in [4.69, 9.17) is 0 Å². The molecule has 3 heteroatoms. The molecule has 0 unspecified atom stereocenters. The standard InChI is InChI=1S/C14H19NOS/c1-8(2)13-9(3)12-11(17-13)6-10(7-15-12)14(4,5)16/h6-8,16H,1-5H3. The Bertz CT molecular complexity index is 549. The van der Waals surface area contributed by atoms with Crippen LogP contribution in [0.15, 0.2) is 12.3 Å². The summed E-state index contributed by atoms with van der Waals surface area (Å²) in [4.78, 5) is 5.89. The third kappa shape index (κ3) is 2.22. The molecule has 92 valence electrons. The van der Waals surface area contributed by atoms with Gasteiger partial charge in [-0.3, -0.25) is 4.98 Å². The third-order valence-electron chi connectivity index (χ3n) is 3.03. The van der Waals surface area contributed by atoms with Gasteiger partial charge in [-0.15, -0.1) is 11.3 Å². The summed E-state index contributed by atoms with van der Waals surface area (Å²) < 4.78 is 1.17. The average molecular weight is 249 g/mol. The van der Waals surface area contributed by atoms with Crippen molar-refractivity contribution in [3.05, 3.63) is 28.3 Å². The molecule has 2 rings (SSSR count). The van der Waals surface area contributed by atoms with Crippen molar-refractivity contribution in [3.8, 4) is 0 Å². The van der Waals surface area contributed by atoms with Gasteiger partial charge in [0.15, 0.2) is 0 Å². The van der Waals surface area contributed by atoms with Crippen LogP contribution in [0.4, 0.5) is 0 Å². The number of aryl methyl sites for hydroxylation is 1. The van der Waals surface area contributed by atoms with Gasteiger partial charge >= 0.3 is 0 Å². The van der Waals surface area contributed by atoms with Crippen molar-refractivity contribution >= 4 is 21.6 Å². The molecule has 2 aromatic heterocycles. The summed E-state index contributed by atoms with van der Waals surface area (Å²) in [5, 5.41) is 10.00. The van der Waals surface area contributed by atoms with E-state index in [1.807, 2.05) is 0 Å². The summed E-state index contributed by atoms with van der Waals surface area (Å²) in [7, 11) is 0. The maximum Gasteiger partial charge on any atom is 0.0855 e. The molecule has 0 aliphatic heterocycles. The molecule has 0 aromatic carbocycles. The first-order valence-corrected chi connectivity index (χ1v) is 6.74. The number of aromatic nitrogens is 1. The lowest BCUT2D eigenvalue weighted by Crippen LogP contribution is -2.15. The minimum atomic E-state index is -0.822. The number of thiophene rings is 1. The second-order valence-corrected chi connectivity index (χ2v) is 6.46. The SMILES string of the molecule is Cc1c(C(C)C)sc2cc(C(C)(C)O)cnc12. The molecule has 17 heavy (non-hydrogen) atoms. The smallest absolute Gasteiger partial charge is 0.0855 e. The number of aliphatic hydroxyl groups is 1. The zero-order valence-electron chi connectivity index (χ0n) is 11.0. The fourth-order valence-electron chi connectivity index (χ4n) is 2.00. The summed E-state index contributed by atoms with van der Waals surface area (Å²) in [5.41, 5.74) is 2.41. The van der Waals surface area contributed by atoms with Crippen molar-refractivity contribution in [2.75, 3.05) is 0 Å². The minimum absolute atomic E-state index is 0.528. The Labute approximate surface area is 106 Å². The quantitative estimate of drug-likeness (QED) is 0.874. The average Bonchev–Trinajstić information content (AvgIpc) is 2.54. The van der Waals surface area contributed by atoms with Crippen LogP contribution in [0, 0.1) is 6.92 Å². The van der Waals surface area contributed by atoms with Gasteiger partial charge < -0.3 is 5.11 Å². The molecule has 1 N–H and O–H groups in total. The van der Waals surface area contributed by atoms with E-state index < -0.39 is 5.60 Å². The Hall–Kier alpha value is -0.930. The van der Waals surface area contributed by atoms with Gasteiger partial charge in [-0.25, -0.2) is 0 Å². The number of pyridine rings is 1. The molecule has 0 spiro atoms. The van der Waals surface area contributed by atoms with E-state index in [-0.39, 0.29) is 0 Å². The number of nitrogens with zero attached hydrogens (tertiary/aromatic N) is 1. The van der Waals surface area contributed by atoms with Gasteiger partial charge in [0, 0.05) is 16.6 Å². The predicted molar refractivity (Wildman–Crippen MR) is 73.7 cm³/mol. The van der Waals surface area contributed by atoms with Gasteiger partial charge in [0.1, 0.15) is 0 Å². The molecule has 0 aliphatic carbocycles. The lowest BCUT2D eigenvalue weighted by molar-refractivity contribution is 0.0784. The molecule has 2 nitrogen and oxygen atoms in total. The normalized spacial score (nSPS) is 12.6. The van der Waals surface area contributed by atoms with Crippen LogP contribution < -0.4 is 0 Å². The van der Waals surface area contributed by atoms with Crippen LogP contribution in [-0.2, 0) is 5.60 Å². The molecule has 0 fully saturated rings. The maximum atomic E-state index is 10.00. The topological polar surface area (TPSA) is 33.1 Å². The molecule has 0 radical (unpaired) electrons. The van der Waals surface area contributed by atoms with Crippen molar-refractivity contribution < 1.29 is 5.11 Å². The van der Waals surface area contributed by atoms with E-state index in [2.05, 4.69) is 31.8 Å². The van der Waals surface area contributed by atoms with Gasteiger partial charge in [0.25, 0.3) is 0 Å². The van der Waals surface area contributed by atoms with E-state index in [1.165, 1.54) is 15.1 Å². The minimum Gasteiger partial charge on any atom is -0.386 e. The van der Waals surface area contributed by atoms with E-state index in [0.29, 0.717) is 5.92 Å². The molecule has 0 amide bonds. The highest BCUT2D eigenvalue weighted by Gasteiger charge is 2.19. The number of fused-ring (bicyclic) bond motifs is 1. The first kappa shape index (κ1) is 12.5. The van der Waals surface area contributed by atoms with Crippen LogP contribution >= 0.6 is 11.3 Å². The highest BCUT2D eigenvalue weighted by Crippen LogP contribution is 2.35. The van der Waals surface area contributed by atoms with Crippen LogP contribution in [0.5, 0.6) is 0 Å². The first-order valence-electron chi connectivity index (χ1n) is 5.92. The number of hydrogen-bond acceptors (Lipinski definition) is 3. The van der Waals surface area contributed by atoms with Gasteiger partial charge in [-0.2, -0.15) is 0 Å². The van der Waals surface area contributed by atoms with Gasteiger partial charge in [0.05, 0.1) is 15.8 Å². The molecule has 0 aliphatic rings. The largest absolute Gasteiger partial charge is 0.386 e. The molecule has 2 heterocycles. The molecular formula is C14H19NOS. The molecular weight excluding hydrogens is 230 g/mol. The zero-order chi connectivity index (χ0) is 12.8. The number of hydrogen-bond donors (Lipinski definition) is 1. The van der Waals surface area contributed by atoms with E-state index >= 15 is 0 Å². The van der Waals surface area contributed by atoms with Crippen LogP contribution in [0.1, 0.15) is 49.6 Å². The summed E-state index contributed by atoms with van der Waals surface area (Å²) >= 11 is 1.79. The van der Waals surface area contributed by atoms with E-state index in [9.17, 15) is 5.11 Å². The fourth-order valence-corrected chi connectivity index (χ4v) is 3.21. The van der Waals surface area contributed by atoms with Crippen molar-refractivity contribution in [1.82, 2.24) is 4.98 Å². The Kier molecular flexibility index (Phi) is 3.00. The number of rotatable bonds is 2. The van der Waals surface area contributed by atoms with Gasteiger partial charge in [-0.1, -0.05) is 13.8 Å². The first-order chi connectivity index (χ1) is 7.80. The van der Waals surface area contributed by atoms with Crippen LogP contribution in [-0.4, -0.2) is 10.1 Å². The lowest BCUT2D eigenvalue weighted by Gasteiger charge is -2.16. The van der Waals surface area contributed by atoms with Crippen molar-refractivity contribution in [2.45, 2.75) is 46.1 Å². The maximum absolute atomic E-state index is 10.00. The van der Waals surface area contributed by atoms with Crippen LogP contribution in [0.25, 0.3) is 10.2 Å². The predicted octanol–water partition coefficient (Wildman–Crippen LogP) is 3.96. The highest BCUT2D eigenvalue weighted by atomic mass is 32.1. The molecule has 2 aromatic rings. The second kappa shape index (κ2) is 4.07. The van der Waals surface area contributed by atoms with E-state index in [0.717, 1.165) is 11.1 Å². The van der Waals surface area contributed by atoms with Crippen LogP contribution in [0.2, 0.25) is 0 Å². The Morgan fingerprint density at radius 1 is 1.35 bits per heavy atom. The summed E-state index contributed by atoms with van der Waals surface area (Å²) in [6.45, 7) is 10.1. The monoisotopic (exact) mass is 249 g/mol. The van der Waals surface area contributed by atoms with Crippen molar-refractivity contribution in [1.29, 1.82) is 0 Å². The third-order valence-corrected chi connectivity index (χ3v) is 4.56. The summed E-state index contributed by atoms with van der Waals surface area (Å²) in [6.07, 6.45) is 1.78. The van der Waals surface area contributed by atoms with Gasteiger partial charge in [-0.05, 0) is 38.3 Å². The Morgan fingerprint density at radius 2 is 2.00 bits per heavy atom. The fraction of sp³-hybridized carbons (Fsp3) is 0.500. The molecule has 0 bridgehead atoms. The van der Waals surface area contributed by atoms with Gasteiger partial charge in [0.2, 0.25) is 0 Å². The summed E-state index contributed by atoms with van der Waals surface area (Å²) in [6, 6.07) is 2.06. The second-order valence-electron chi connectivity index (χ2n) is 5.38. The molecule has 0 saturated heterocycles. The molecule has 0 saturated carbocycles. The van der Waals surface area contributed by atoms with Crippen LogP contribution in [0.3, 0.4) is 0 Å². The van der Waals surface area contributed by atoms with E-state index in [1.54, 1.807) is 31.4 Å². The Morgan fingerprint density at radius 3 is 2.53 bits per heavy atom. The molecule has 0 atom stereocenters. The Balaban J connectivity index is 2.64. The van der Waals surface area contributed by atoms with Crippen molar-refractivity contribution in [2.24, 2.45) is 0 Å².